The molecule has 6 heteroatoms. The third-order valence-corrected chi connectivity index (χ3v) is 5.35. The smallest absolute Gasteiger partial charge is 0.224 e. The number of carbonyl (C=O) groups excluding carboxylic acids is 1. The Balaban J connectivity index is 1.30. The van der Waals surface area contributed by atoms with Crippen LogP contribution in [0.2, 0.25) is 0 Å². The molecule has 2 aromatic rings. The molecule has 0 spiro atoms. The maximum atomic E-state index is 12.3. The van der Waals surface area contributed by atoms with Gasteiger partial charge in [0.1, 0.15) is 11.4 Å². The van der Waals surface area contributed by atoms with Crippen LogP contribution in [0.5, 0.6) is 0 Å². The normalized spacial score (nSPS) is 21.7. The second-order valence-electron chi connectivity index (χ2n) is 7.37. The number of hydrogen-bond acceptors (Lipinski definition) is 5. The Morgan fingerprint density at radius 2 is 2.15 bits per heavy atom. The number of aryl methyl sites for hydroxylation is 2. The molecule has 1 aliphatic heterocycles. The van der Waals surface area contributed by atoms with Crippen molar-refractivity contribution in [1.82, 2.24) is 15.3 Å². The van der Waals surface area contributed by atoms with Crippen molar-refractivity contribution in [3.05, 3.63) is 53.5 Å². The first-order valence-corrected chi connectivity index (χ1v) is 9.22. The van der Waals surface area contributed by atoms with Gasteiger partial charge in [0.15, 0.2) is 0 Å². The molecule has 4 rings (SSSR count). The molecule has 0 saturated carbocycles. The van der Waals surface area contributed by atoms with Gasteiger partial charge < -0.3 is 15.3 Å². The van der Waals surface area contributed by atoms with Crippen LogP contribution in [0.25, 0.3) is 0 Å². The molecule has 136 valence electrons. The van der Waals surface area contributed by atoms with Crippen LogP contribution in [-0.4, -0.2) is 46.2 Å². The molecular formula is C20H24N4O2. The summed E-state index contributed by atoms with van der Waals surface area (Å²) in [6.45, 7) is 1.41. The summed E-state index contributed by atoms with van der Waals surface area (Å²) in [5, 5.41) is 13.7. The van der Waals surface area contributed by atoms with E-state index < -0.39 is 5.60 Å². The van der Waals surface area contributed by atoms with E-state index in [1.165, 1.54) is 17.5 Å². The second-order valence-corrected chi connectivity index (χ2v) is 7.37. The molecule has 0 radical (unpaired) electrons. The Morgan fingerprint density at radius 3 is 3.00 bits per heavy atom. The van der Waals surface area contributed by atoms with E-state index in [0.717, 1.165) is 24.2 Å². The first-order chi connectivity index (χ1) is 12.6. The lowest BCUT2D eigenvalue weighted by molar-refractivity contribution is -0.121. The lowest BCUT2D eigenvalue weighted by Gasteiger charge is -2.24. The van der Waals surface area contributed by atoms with E-state index in [9.17, 15) is 9.90 Å². The number of amides is 1. The van der Waals surface area contributed by atoms with E-state index in [1.807, 2.05) is 11.0 Å². The standard InChI is InChI=1S/C20H24N4O2/c25-19(11-15-4-5-16-2-1-3-17(16)10-15)23-13-20(26)6-9-24(14-20)18-12-21-7-8-22-18/h4-5,7-8,10,12,26H,1-3,6,9,11,13-14H2,(H,23,25)/t20-/m0/s1. The zero-order chi connectivity index (χ0) is 18.0. The van der Waals surface area contributed by atoms with Crippen LogP contribution in [0.15, 0.2) is 36.8 Å². The zero-order valence-corrected chi connectivity index (χ0v) is 14.8. The van der Waals surface area contributed by atoms with E-state index in [4.69, 9.17) is 0 Å². The number of rotatable bonds is 5. The van der Waals surface area contributed by atoms with E-state index in [-0.39, 0.29) is 12.5 Å². The summed E-state index contributed by atoms with van der Waals surface area (Å²) in [6.07, 6.45) is 9.40. The fourth-order valence-corrected chi connectivity index (χ4v) is 3.90. The van der Waals surface area contributed by atoms with E-state index >= 15 is 0 Å². The fraction of sp³-hybridized carbons (Fsp3) is 0.450. The number of benzene rings is 1. The van der Waals surface area contributed by atoms with Crippen molar-refractivity contribution in [1.29, 1.82) is 0 Å². The molecule has 1 saturated heterocycles. The quantitative estimate of drug-likeness (QED) is 0.847. The largest absolute Gasteiger partial charge is 0.386 e. The van der Waals surface area contributed by atoms with Crippen molar-refractivity contribution in [3.8, 4) is 0 Å². The molecule has 2 heterocycles. The number of aromatic nitrogens is 2. The van der Waals surface area contributed by atoms with Crippen LogP contribution in [0.3, 0.4) is 0 Å². The third kappa shape index (κ3) is 3.70. The molecule has 2 N–H and O–H groups in total. The van der Waals surface area contributed by atoms with Crippen molar-refractivity contribution in [3.63, 3.8) is 0 Å². The Morgan fingerprint density at radius 1 is 1.27 bits per heavy atom. The molecular weight excluding hydrogens is 328 g/mol. The number of aliphatic hydroxyl groups is 1. The molecule has 2 aliphatic rings. The fourth-order valence-electron chi connectivity index (χ4n) is 3.90. The highest BCUT2D eigenvalue weighted by Gasteiger charge is 2.37. The van der Waals surface area contributed by atoms with E-state index in [2.05, 4.69) is 27.4 Å². The molecule has 1 aromatic heterocycles. The molecule has 0 unspecified atom stereocenters. The number of fused-ring (bicyclic) bond motifs is 1. The average Bonchev–Trinajstić information content (AvgIpc) is 3.28. The van der Waals surface area contributed by atoms with Crippen molar-refractivity contribution in [2.24, 2.45) is 0 Å². The van der Waals surface area contributed by atoms with Crippen LogP contribution in [0.4, 0.5) is 5.82 Å². The van der Waals surface area contributed by atoms with Crippen LogP contribution >= 0.6 is 0 Å². The molecule has 1 aromatic carbocycles. The molecule has 1 amide bonds. The lowest BCUT2D eigenvalue weighted by atomic mass is 10.0. The SMILES string of the molecule is O=C(Cc1ccc2c(c1)CCC2)NC[C@@]1(O)CCN(c2cnccn2)C1. The van der Waals surface area contributed by atoms with Crippen LogP contribution in [-0.2, 0) is 24.1 Å². The summed E-state index contributed by atoms with van der Waals surface area (Å²) < 4.78 is 0. The predicted molar refractivity (Wildman–Crippen MR) is 99.0 cm³/mol. The molecule has 26 heavy (non-hydrogen) atoms. The summed E-state index contributed by atoms with van der Waals surface area (Å²) in [5.74, 6) is 0.710. The first-order valence-electron chi connectivity index (χ1n) is 9.22. The van der Waals surface area contributed by atoms with Gasteiger partial charge in [0.25, 0.3) is 0 Å². The number of carbonyl (C=O) groups is 1. The summed E-state index contributed by atoms with van der Waals surface area (Å²) in [6, 6.07) is 6.35. The Hall–Kier alpha value is -2.47. The van der Waals surface area contributed by atoms with Gasteiger partial charge in [-0.15, -0.1) is 0 Å². The summed E-state index contributed by atoms with van der Waals surface area (Å²) in [5.41, 5.74) is 2.91. The highest BCUT2D eigenvalue weighted by molar-refractivity contribution is 5.78. The first kappa shape index (κ1) is 17.0. The van der Waals surface area contributed by atoms with Gasteiger partial charge >= 0.3 is 0 Å². The van der Waals surface area contributed by atoms with Crippen LogP contribution in [0, 0.1) is 0 Å². The maximum absolute atomic E-state index is 12.3. The minimum atomic E-state index is -0.925. The minimum absolute atomic E-state index is 0.0469. The van der Waals surface area contributed by atoms with Gasteiger partial charge in [0.05, 0.1) is 12.6 Å². The number of β-amino-alcohol motifs (C(OH)–C–C–N with tert-alkyl or cyclic N) is 1. The summed E-state index contributed by atoms with van der Waals surface area (Å²) in [7, 11) is 0. The average molecular weight is 352 g/mol. The number of nitrogens with one attached hydrogen (secondary N) is 1. The predicted octanol–water partition coefficient (Wildman–Crippen LogP) is 1.27. The van der Waals surface area contributed by atoms with Crippen molar-refractivity contribution in [2.75, 3.05) is 24.5 Å². The monoisotopic (exact) mass is 352 g/mol. The summed E-state index contributed by atoms with van der Waals surface area (Å²) in [4.78, 5) is 22.6. The molecule has 1 aliphatic carbocycles. The number of nitrogens with zero attached hydrogens (tertiary/aromatic N) is 3. The van der Waals surface area contributed by atoms with Gasteiger partial charge in [0.2, 0.25) is 5.91 Å². The maximum Gasteiger partial charge on any atom is 0.224 e. The van der Waals surface area contributed by atoms with Gasteiger partial charge in [-0.2, -0.15) is 0 Å². The molecule has 6 nitrogen and oxygen atoms in total. The Kier molecular flexibility index (Phi) is 4.59. The third-order valence-electron chi connectivity index (χ3n) is 5.35. The van der Waals surface area contributed by atoms with Crippen molar-refractivity contribution in [2.45, 2.75) is 37.7 Å². The van der Waals surface area contributed by atoms with Crippen molar-refractivity contribution < 1.29 is 9.90 Å². The molecule has 0 bridgehead atoms. The topological polar surface area (TPSA) is 78.4 Å². The summed E-state index contributed by atoms with van der Waals surface area (Å²) >= 11 is 0. The van der Waals surface area contributed by atoms with E-state index in [0.29, 0.717) is 25.9 Å². The number of hydrogen-bond donors (Lipinski definition) is 2. The lowest BCUT2D eigenvalue weighted by Crippen LogP contribution is -2.45. The highest BCUT2D eigenvalue weighted by atomic mass is 16.3. The minimum Gasteiger partial charge on any atom is -0.386 e. The Bertz CT molecular complexity index is 796. The van der Waals surface area contributed by atoms with Gasteiger partial charge in [-0.05, 0) is 42.4 Å². The van der Waals surface area contributed by atoms with Crippen LogP contribution in [0.1, 0.15) is 29.5 Å². The van der Waals surface area contributed by atoms with Crippen molar-refractivity contribution >= 4 is 11.7 Å². The molecule has 1 fully saturated rings. The van der Waals surface area contributed by atoms with Gasteiger partial charge in [-0.1, -0.05) is 18.2 Å². The van der Waals surface area contributed by atoms with Gasteiger partial charge in [0, 0.05) is 32.0 Å². The van der Waals surface area contributed by atoms with Gasteiger partial charge in [-0.25, -0.2) is 4.98 Å². The number of anilines is 1. The zero-order valence-electron chi connectivity index (χ0n) is 14.8. The van der Waals surface area contributed by atoms with Crippen LogP contribution < -0.4 is 10.2 Å². The van der Waals surface area contributed by atoms with E-state index in [1.54, 1.807) is 18.6 Å². The second kappa shape index (κ2) is 7.03. The molecule has 1 atom stereocenters. The van der Waals surface area contributed by atoms with Gasteiger partial charge in [-0.3, -0.25) is 9.78 Å². The highest BCUT2D eigenvalue weighted by Crippen LogP contribution is 2.25. The Labute approximate surface area is 153 Å².